The molecule has 2 atom stereocenters. The SMILES string of the molecule is CCC1CNC(C)CN1Cc1ccccn1. The van der Waals surface area contributed by atoms with Gasteiger partial charge in [-0.2, -0.15) is 0 Å². The predicted molar refractivity (Wildman–Crippen MR) is 66.2 cm³/mol. The number of nitrogens with one attached hydrogen (secondary N) is 1. The van der Waals surface area contributed by atoms with Crippen LogP contribution in [0.1, 0.15) is 26.0 Å². The summed E-state index contributed by atoms with van der Waals surface area (Å²) in [6, 6.07) is 7.39. The average molecular weight is 219 g/mol. The molecule has 2 rings (SSSR count). The molecule has 1 aliphatic heterocycles. The summed E-state index contributed by atoms with van der Waals surface area (Å²) in [5.41, 5.74) is 1.18. The van der Waals surface area contributed by atoms with Crippen LogP contribution in [0.15, 0.2) is 24.4 Å². The molecule has 88 valence electrons. The highest BCUT2D eigenvalue weighted by molar-refractivity contribution is 5.04. The number of hydrogen-bond acceptors (Lipinski definition) is 3. The lowest BCUT2D eigenvalue weighted by Crippen LogP contribution is -2.54. The Balaban J connectivity index is 2.01. The third kappa shape index (κ3) is 2.80. The smallest absolute Gasteiger partial charge is 0.0544 e. The fraction of sp³-hybridized carbons (Fsp3) is 0.615. The average Bonchev–Trinajstić information content (AvgIpc) is 2.31. The second kappa shape index (κ2) is 5.41. The Labute approximate surface area is 97.9 Å². The molecule has 0 spiro atoms. The molecule has 2 unspecified atom stereocenters. The van der Waals surface area contributed by atoms with Gasteiger partial charge < -0.3 is 5.32 Å². The Bertz CT molecular complexity index is 312. The zero-order valence-electron chi connectivity index (χ0n) is 10.2. The van der Waals surface area contributed by atoms with Crippen molar-refractivity contribution in [1.82, 2.24) is 15.2 Å². The molecule has 0 radical (unpaired) electrons. The fourth-order valence-electron chi connectivity index (χ4n) is 2.33. The molecule has 1 aromatic rings. The Morgan fingerprint density at radius 1 is 1.50 bits per heavy atom. The van der Waals surface area contributed by atoms with Gasteiger partial charge in [-0.05, 0) is 25.5 Å². The Hall–Kier alpha value is -0.930. The zero-order valence-corrected chi connectivity index (χ0v) is 10.2. The van der Waals surface area contributed by atoms with E-state index in [-0.39, 0.29) is 0 Å². The van der Waals surface area contributed by atoms with Crippen molar-refractivity contribution in [2.24, 2.45) is 0 Å². The summed E-state index contributed by atoms with van der Waals surface area (Å²) in [4.78, 5) is 6.95. The van der Waals surface area contributed by atoms with E-state index in [1.807, 2.05) is 12.3 Å². The van der Waals surface area contributed by atoms with Crippen molar-refractivity contribution in [2.75, 3.05) is 13.1 Å². The van der Waals surface area contributed by atoms with Gasteiger partial charge in [-0.15, -0.1) is 0 Å². The molecular formula is C13H21N3. The molecule has 3 heteroatoms. The number of aromatic nitrogens is 1. The minimum Gasteiger partial charge on any atom is -0.311 e. The van der Waals surface area contributed by atoms with Gasteiger partial charge in [0.1, 0.15) is 0 Å². The summed E-state index contributed by atoms with van der Waals surface area (Å²) in [5, 5.41) is 3.54. The zero-order chi connectivity index (χ0) is 11.4. The minimum absolute atomic E-state index is 0.589. The van der Waals surface area contributed by atoms with E-state index < -0.39 is 0 Å². The topological polar surface area (TPSA) is 28.2 Å². The fourth-order valence-corrected chi connectivity index (χ4v) is 2.33. The summed E-state index contributed by atoms with van der Waals surface area (Å²) < 4.78 is 0. The van der Waals surface area contributed by atoms with Gasteiger partial charge in [0.05, 0.1) is 5.69 Å². The van der Waals surface area contributed by atoms with Crippen LogP contribution in [0.3, 0.4) is 0 Å². The molecular weight excluding hydrogens is 198 g/mol. The van der Waals surface area contributed by atoms with Crippen LogP contribution in [0.2, 0.25) is 0 Å². The summed E-state index contributed by atoms with van der Waals surface area (Å²) in [5.74, 6) is 0. The van der Waals surface area contributed by atoms with Crippen LogP contribution in [-0.2, 0) is 6.54 Å². The van der Waals surface area contributed by atoms with Gasteiger partial charge in [0.15, 0.2) is 0 Å². The Kier molecular flexibility index (Phi) is 3.91. The molecule has 1 N–H and O–H groups in total. The maximum atomic E-state index is 4.40. The normalized spacial score (nSPS) is 26.9. The molecule has 1 saturated heterocycles. The van der Waals surface area contributed by atoms with Gasteiger partial charge in [-0.25, -0.2) is 0 Å². The van der Waals surface area contributed by atoms with E-state index >= 15 is 0 Å². The van der Waals surface area contributed by atoms with Crippen molar-refractivity contribution in [1.29, 1.82) is 0 Å². The van der Waals surface area contributed by atoms with Crippen molar-refractivity contribution >= 4 is 0 Å². The Morgan fingerprint density at radius 3 is 3.06 bits per heavy atom. The summed E-state index contributed by atoms with van der Waals surface area (Å²) >= 11 is 0. The maximum Gasteiger partial charge on any atom is 0.0544 e. The molecule has 0 amide bonds. The Morgan fingerprint density at radius 2 is 2.38 bits per heavy atom. The number of hydrogen-bond donors (Lipinski definition) is 1. The van der Waals surface area contributed by atoms with E-state index in [9.17, 15) is 0 Å². The lowest BCUT2D eigenvalue weighted by molar-refractivity contribution is 0.122. The number of piperazine rings is 1. The van der Waals surface area contributed by atoms with Crippen LogP contribution in [-0.4, -0.2) is 35.1 Å². The summed E-state index contributed by atoms with van der Waals surface area (Å²) in [7, 11) is 0. The lowest BCUT2D eigenvalue weighted by Gasteiger charge is -2.38. The number of nitrogens with zero attached hydrogens (tertiary/aromatic N) is 2. The summed E-state index contributed by atoms with van der Waals surface area (Å²) in [6.45, 7) is 7.70. The van der Waals surface area contributed by atoms with Gasteiger partial charge in [0.2, 0.25) is 0 Å². The molecule has 16 heavy (non-hydrogen) atoms. The van der Waals surface area contributed by atoms with Crippen molar-refractivity contribution in [2.45, 2.75) is 38.9 Å². The first kappa shape index (κ1) is 11.6. The second-order valence-corrected chi connectivity index (χ2v) is 4.62. The number of pyridine rings is 1. The van der Waals surface area contributed by atoms with Crippen LogP contribution in [0.5, 0.6) is 0 Å². The molecule has 3 nitrogen and oxygen atoms in total. The van der Waals surface area contributed by atoms with Crippen molar-refractivity contribution in [3.05, 3.63) is 30.1 Å². The van der Waals surface area contributed by atoms with Crippen molar-refractivity contribution in [3.8, 4) is 0 Å². The van der Waals surface area contributed by atoms with E-state index in [1.165, 1.54) is 12.1 Å². The van der Waals surface area contributed by atoms with E-state index in [0.29, 0.717) is 12.1 Å². The molecule has 0 saturated carbocycles. The first-order valence-corrected chi connectivity index (χ1v) is 6.17. The molecule has 1 aromatic heterocycles. The predicted octanol–water partition coefficient (Wildman–Crippen LogP) is 1.65. The molecule has 1 fully saturated rings. The van der Waals surface area contributed by atoms with Crippen LogP contribution in [0.25, 0.3) is 0 Å². The van der Waals surface area contributed by atoms with E-state index in [4.69, 9.17) is 0 Å². The number of rotatable bonds is 3. The third-order valence-electron chi connectivity index (χ3n) is 3.29. The van der Waals surface area contributed by atoms with E-state index in [1.54, 1.807) is 0 Å². The van der Waals surface area contributed by atoms with E-state index in [2.05, 4.69) is 41.2 Å². The molecule has 2 heterocycles. The first-order chi connectivity index (χ1) is 7.79. The van der Waals surface area contributed by atoms with Crippen LogP contribution >= 0.6 is 0 Å². The maximum absolute atomic E-state index is 4.40. The van der Waals surface area contributed by atoms with Crippen molar-refractivity contribution < 1.29 is 0 Å². The van der Waals surface area contributed by atoms with Crippen LogP contribution in [0, 0.1) is 0 Å². The van der Waals surface area contributed by atoms with Crippen molar-refractivity contribution in [3.63, 3.8) is 0 Å². The third-order valence-corrected chi connectivity index (χ3v) is 3.29. The lowest BCUT2D eigenvalue weighted by atomic mass is 10.1. The largest absolute Gasteiger partial charge is 0.311 e. The highest BCUT2D eigenvalue weighted by Crippen LogP contribution is 2.13. The van der Waals surface area contributed by atoms with Gasteiger partial charge in [0.25, 0.3) is 0 Å². The van der Waals surface area contributed by atoms with Gasteiger partial charge >= 0.3 is 0 Å². The van der Waals surface area contributed by atoms with Gasteiger partial charge in [0, 0.05) is 37.9 Å². The quantitative estimate of drug-likeness (QED) is 0.838. The van der Waals surface area contributed by atoms with Crippen LogP contribution in [0.4, 0.5) is 0 Å². The molecule has 0 aromatic carbocycles. The highest BCUT2D eigenvalue weighted by atomic mass is 15.2. The molecule has 0 aliphatic carbocycles. The van der Waals surface area contributed by atoms with E-state index in [0.717, 1.165) is 19.6 Å². The summed E-state index contributed by atoms with van der Waals surface area (Å²) in [6.07, 6.45) is 3.08. The minimum atomic E-state index is 0.589. The molecule has 1 aliphatic rings. The first-order valence-electron chi connectivity index (χ1n) is 6.17. The van der Waals surface area contributed by atoms with Crippen LogP contribution < -0.4 is 5.32 Å². The second-order valence-electron chi connectivity index (χ2n) is 4.62. The van der Waals surface area contributed by atoms with Gasteiger partial charge in [-0.3, -0.25) is 9.88 Å². The highest BCUT2D eigenvalue weighted by Gasteiger charge is 2.24. The standard InChI is InChI=1S/C13H21N3/c1-3-13-8-15-11(2)9-16(13)10-12-6-4-5-7-14-12/h4-7,11,13,15H,3,8-10H2,1-2H3. The monoisotopic (exact) mass is 219 g/mol. The van der Waals surface area contributed by atoms with Gasteiger partial charge in [-0.1, -0.05) is 13.0 Å². The molecule has 0 bridgehead atoms.